The number of carbonyl (C=O) groups is 1. The molecule has 4 rings (SSSR count). The predicted octanol–water partition coefficient (Wildman–Crippen LogP) is 2.59. The molecule has 3 aromatic rings. The van der Waals surface area contributed by atoms with Gasteiger partial charge >= 0.3 is 0 Å². The zero-order chi connectivity index (χ0) is 20.4. The lowest BCUT2D eigenvalue weighted by Crippen LogP contribution is -2.46. The van der Waals surface area contributed by atoms with E-state index in [1.165, 1.54) is 27.8 Å². The maximum Gasteiger partial charge on any atom is 0.275 e. The highest BCUT2D eigenvalue weighted by Crippen LogP contribution is 2.25. The third-order valence-corrected chi connectivity index (χ3v) is 7.45. The summed E-state index contributed by atoms with van der Waals surface area (Å²) in [4.78, 5) is 19.0. The number of nitrogens with zero attached hydrogens (tertiary/aromatic N) is 3. The molecule has 10 heteroatoms. The molecule has 1 saturated heterocycles. The topological polar surface area (TPSA) is 95.8 Å². The molecule has 1 N–H and O–H groups in total. The van der Waals surface area contributed by atoms with E-state index in [1.54, 1.807) is 35.9 Å². The van der Waals surface area contributed by atoms with Gasteiger partial charge in [0.1, 0.15) is 5.69 Å². The van der Waals surface area contributed by atoms with E-state index in [1.807, 2.05) is 7.05 Å². The van der Waals surface area contributed by atoms with Crippen LogP contribution in [0.15, 0.2) is 57.4 Å². The van der Waals surface area contributed by atoms with Gasteiger partial charge in [-0.2, -0.15) is 4.31 Å². The Kier molecular flexibility index (Phi) is 5.50. The van der Waals surface area contributed by atoms with Crippen molar-refractivity contribution in [1.82, 2.24) is 14.2 Å². The largest absolute Gasteiger partial charge is 0.462 e. The van der Waals surface area contributed by atoms with Crippen molar-refractivity contribution in [2.24, 2.45) is 0 Å². The molecule has 0 radical (unpaired) electrons. The highest BCUT2D eigenvalue weighted by atomic mass is 32.2. The summed E-state index contributed by atoms with van der Waals surface area (Å²) < 4.78 is 32.3. The lowest BCUT2D eigenvalue weighted by Gasteiger charge is -2.31. The van der Waals surface area contributed by atoms with Crippen molar-refractivity contribution in [2.45, 2.75) is 4.90 Å². The van der Waals surface area contributed by atoms with Crippen molar-refractivity contribution in [3.05, 3.63) is 53.7 Å². The monoisotopic (exact) mass is 432 g/mol. The zero-order valence-electron chi connectivity index (χ0n) is 15.7. The molecular formula is C19H20N4O4S2. The van der Waals surface area contributed by atoms with E-state index in [4.69, 9.17) is 4.42 Å². The minimum absolute atomic E-state index is 0.216. The number of nitrogens with one attached hydrogen (secondary N) is 1. The molecule has 1 aliphatic heterocycles. The van der Waals surface area contributed by atoms with Crippen LogP contribution < -0.4 is 5.32 Å². The van der Waals surface area contributed by atoms with Crippen LogP contribution in [0.5, 0.6) is 0 Å². The number of carbonyl (C=O) groups excluding carboxylic acids is 1. The number of anilines is 1. The van der Waals surface area contributed by atoms with Crippen LogP contribution in [-0.4, -0.2) is 61.7 Å². The molecule has 29 heavy (non-hydrogen) atoms. The predicted molar refractivity (Wildman–Crippen MR) is 110 cm³/mol. The van der Waals surface area contributed by atoms with Crippen molar-refractivity contribution in [2.75, 3.05) is 38.5 Å². The van der Waals surface area contributed by atoms with Crippen LogP contribution in [0.1, 0.15) is 10.5 Å². The third kappa shape index (κ3) is 4.25. The Bertz CT molecular complexity index is 1080. The quantitative estimate of drug-likeness (QED) is 0.666. The van der Waals surface area contributed by atoms with Gasteiger partial charge in [-0.05, 0) is 43.4 Å². The standard InChI is InChI=1S/C19H20N4O4S2/c1-22-8-10-23(11-9-22)29(25,26)15-6-4-14(5-7-15)20-18(24)16-13-28-19(21-16)17-3-2-12-27-17/h2-7,12-13H,8-11H2,1H3,(H,20,24). The Labute approximate surface area is 172 Å². The van der Waals surface area contributed by atoms with Gasteiger partial charge in [-0.25, -0.2) is 13.4 Å². The first-order valence-electron chi connectivity index (χ1n) is 9.03. The summed E-state index contributed by atoms with van der Waals surface area (Å²) in [5, 5.41) is 5.01. The van der Waals surface area contributed by atoms with Crippen molar-refractivity contribution in [1.29, 1.82) is 0 Å². The summed E-state index contributed by atoms with van der Waals surface area (Å²) in [6, 6.07) is 9.73. The van der Waals surface area contributed by atoms with Crippen LogP contribution in [-0.2, 0) is 10.0 Å². The number of benzene rings is 1. The first-order valence-corrected chi connectivity index (χ1v) is 11.3. The number of hydrogen-bond donors (Lipinski definition) is 1. The first kappa shape index (κ1) is 19.8. The number of amides is 1. The molecule has 0 atom stereocenters. The molecule has 1 aliphatic rings. The summed E-state index contributed by atoms with van der Waals surface area (Å²) in [5.74, 6) is 0.237. The van der Waals surface area contributed by atoms with Gasteiger partial charge in [0.25, 0.3) is 5.91 Å². The van der Waals surface area contributed by atoms with E-state index in [-0.39, 0.29) is 16.5 Å². The van der Waals surface area contributed by atoms with Crippen LogP contribution in [0.4, 0.5) is 5.69 Å². The van der Waals surface area contributed by atoms with E-state index in [2.05, 4.69) is 15.2 Å². The molecule has 1 aromatic carbocycles. The molecule has 0 bridgehead atoms. The maximum absolute atomic E-state index is 12.8. The Balaban J connectivity index is 1.43. The molecule has 3 heterocycles. The summed E-state index contributed by atoms with van der Waals surface area (Å²) >= 11 is 1.31. The van der Waals surface area contributed by atoms with E-state index in [0.29, 0.717) is 42.6 Å². The number of furan rings is 1. The molecule has 1 fully saturated rings. The summed E-state index contributed by atoms with van der Waals surface area (Å²) in [6.07, 6.45) is 1.55. The number of sulfonamides is 1. The summed E-state index contributed by atoms with van der Waals surface area (Å²) in [5.41, 5.74) is 0.774. The Morgan fingerprint density at radius 1 is 1.14 bits per heavy atom. The second-order valence-corrected chi connectivity index (χ2v) is 9.50. The minimum atomic E-state index is -3.53. The van der Waals surface area contributed by atoms with Gasteiger partial charge < -0.3 is 14.6 Å². The first-order chi connectivity index (χ1) is 13.9. The second kappa shape index (κ2) is 8.07. The third-order valence-electron chi connectivity index (χ3n) is 4.68. The number of rotatable bonds is 5. The lowest BCUT2D eigenvalue weighted by molar-refractivity contribution is 0.102. The average Bonchev–Trinajstić information content (AvgIpc) is 3.40. The van der Waals surface area contributed by atoms with Crippen molar-refractivity contribution in [3.63, 3.8) is 0 Å². The van der Waals surface area contributed by atoms with Gasteiger partial charge in [-0.3, -0.25) is 4.79 Å². The van der Waals surface area contributed by atoms with E-state index in [9.17, 15) is 13.2 Å². The van der Waals surface area contributed by atoms with E-state index in [0.717, 1.165) is 0 Å². The molecule has 0 spiro atoms. The highest BCUT2D eigenvalue weighted by Gasteiger charge is 2.27. The fourth-order valence-electron chi connectivity index (χ4n) is 2.97. The SMILES string of the molecule is CN1CCN(S(=O)(=O)c2ccc(NC(=O)c3csc(-c4ccco4)n3)cc2)CC1. The molecule has 2 aromatic heterocycles. The van der Waals surface area contributed by atoms with Gasteiger partial charge in [0.2, 0.25) is 10.0 Å². The van der Waals surface area contributed by atoms with Crippen molar-refractivity contribution in [3.8, 4) is 10.8 Å². The molecular weight excluding hydrogens is 412 g/mol. The Hall–Kier alpha value is -2.53. The Morgan fingerprint density at radius 2 is 1.86 bits per heavy atom. The average molecular weight is 433 g/mol. The summed E-state index contributed by atoms with van der Waals surface area (Å²) in [7, 11) is -1.56. The van der Waals surface area contributed by atoms with Gasteiger partial charge in [0, 0.05) is 37.2 Å². The van der Waals surface area contributed by atoms with E-state index < -0.39 is 10.0 Å². The minimum Gasteiger partial charge on any atom is -0.462 e. The number of thiazole rings is 1. The van der Waals surface area contributed by atoms with Crippen LogP contribution in [0.3, 0.4) is 0 Å². The van der Waals surface area contributed by atoms with Crippen LogP contribution in [0.2, 0.25) is 0 Å². The molecule has 152 valence electrons. The zero-order valence-corrected chi connectivity index (χ0v) is 17.4. The Morgan fingerprint density at radius 3 is 2.52 bits per heavy atom. The lowest BCUT2D eigenvalue weighted by atomic mass is 10.3. The van der Waals surface area contributed by atoms with Gasteiger partial charge in [0.05, 0.1) is 11.2 Å². The molecule has 8 nitrogen and oxygen atoms in total. The van der Waals surface area contributed by atoms with Crippen molar-refractivity contribution >= 4 is 33.0 Å². The number of aromatic nitrogens is 1. The fraction of sp³-hybridized carbons (Fsp3) is 0.263. The molecule has 0 saturated carbocycles. The smallest absolute Gasteiger partial charge is 0.275 e. The number of hydrogen-bond acceptors (Lipinski definition) is 7. The van der Waals surface area contributed by atoms with Gasteiger partial charge in [0.15, 0.2) is 10.8 Å². The van der Waals surface area contributed by atoms with Crippen molar-refractivity contribution < 1.29 is 17.6 Å². The molecule has 0 unspecified atom stereocenters. The van der Waals surface area contributed by atoms with Gasteiger partial charge in [-0.15, -0.1) is 11.3 Å². The fourth-order valence-corrected chi connectivity index (χ4v) is 5.16. The van der Waals surface area contributed by atoms with E-state index >= 15 is 0 Å². The number of piperazine rings is 1. The molecule has 1 amide bonds. The normalized spacial score (nSPS) is 16.0. The van der Waals surface area contributed by atoms with Crippen LogP contribution in [0, 0.1) is 0 Å². The highest BCUT2D eigenvalue weighted by molar-refractivity contribution is 7.89. The second-order valence-electron chi connectivity index (χ2n) is 6.70. The van der Waals surface area contributed by atoms with Crippen LogP contribution >= 0.6 is 11.3 Å². The summed E-state index contributed by atoms with van der Waals surface area (Å²) in [6.45, 7) is 2.36. The maximum atomic E-state index is 12.8. The molecule has 0 aliphatic carbocycles. The number of likely N-dealkylation sites (N-methyl/N-ethyl adjacent to an activating group) is 1. The van der Waals surface area contributed by atoms with Gasteiger partial charge in [-0.1, -0.05) is 0 Å². The van der Waals surface area contributed by atoms with Crippen LogP contribution in [0.25, 0.3) is 10.8 Å².